The van der Waals surface area contributed by atoms with Crippen LogP contribution in [0.25, 0.3) is 0 Å². The summed E-state index contributed by atoms with van der Waals surface area (Å²) in [6.07, 6.45) is 4.09. The minimum atomic E-state index is 0.181. The van der Waals surface area contributed by atoms with Gasteiger partial charge < -0.3 is 9.88 Å². The van der Waals surface area contributed by atoms with Gasteiger partial charge in [0.25, 0.3) is 0 Å². The van der Waals surface area contributed by atoms with Crippen molar-refractivity contribution in [1.29, 1.82) is 0 Å². The highest BCUT2D eigenvalue weighted by atomic mass is 15.3. The number of nitrogens with one attached hydrogen (secondary N) is 1. The molecule has 0 aliphatic heterocycles. The van der Waals surface area contributed by atoms with Crippen molar-refractivity contribution in [2.75, 3.05) is 0 Å². The topological polar surface area (TPSA) is 42.7 Å². The third-order valence-electron chi connectivity index (χ3n) is 2.41. The molecule has 1 aromatic rings. The smallest absolute Gasteiger partial charge is 0.146 e. The third kappa shape index (κ3) is 3.10. The summed E-state index contributed by atoms with van der Waals surface area (Å²) in [7, 11) is 1.96. The molecule has 0 fully saturated rings. The summed E-state index contributed by atoms with van der Waals surface area (Å²) in [6.45, 7) is 7.41. The maximum absolute atomic E-state index is 4.03. The second-order valence-corrected chi connectivity index (χ2v) is 4.35. The van der Waals surface area contributed by atoms with Gasteiger partial charge in [0.15, 0.2) is 0 Å². The van der Waals surface area contributed by atoms with E-state index >= 15 is 0 Å². The summed E-state index contributed by atoms with van der Waals surface area (Å²) < 4.78 is 1.94. The molecule has 0 amide bonds. The molecule has 0 aliphatic carbocycles. The zero-order valence-corrected chi connectivity index (χ0v) is 9.54. The lowest BCUT2D eigenvalue weighted by Crippen LogP contribution is -2.39. The van der Waals surface area contributed by atoms with E-state index in [0.29, 0.717) is 0 Å². The van der Waals surface area contributed by atoms with Crippen LogP contribution in [0.1, 0.15) is 39.4 Å². The average Bonchev–Trinajstić information content (AvgIpc) is 2.48. The van der Waals surface area contributed by atoms with Crippen molar-refractivity contribution in [2.24, 2.45) is 7.05 Å². The zero-order chi connectivity index (χ0) is 10.6. The van der Waals surface area contributed by atoms with Gasteiger partial charge in [0.1, 0.15) is 12.2 Å². The van der Waals surface area contributed by atoms with Crippen LogP contribution in [0.5, 0.6) is 0 Å². The molecule has 0 saturated carbocycles. The number of aromatic nitrogens is 3. The Kier molecular flexibility index (Phi) is 3.63. The normalized spacial score (nSPS) is 12.0. The maximum Gasteiger partial charge on any atom is 0.146 e. The van der Waals surface area contributed by atoms with E-state index in [1.54, 1.807) is 6.33 Å². The first kappa shape index (κ1) is 11.2. The van der Waals surface area contributed by atoms with E-state index in [2.05, 4.69) is 36.3 Å². The molecule has 14 heavy (non-hydrogen) atoms. The Bertz CT molecular complexity index is 277. The van der Waals surface area contributed by atoms with Crippen LogP contribution < -0.4 is 5.32 Å². The highest BCUT2D eigenvalue weighted by Crippen LogP contribution is 2.11. The summed E-state index contributed by atoms with van der Waals surface area (Å²) >= 11 is 0. The molecule has 0 aliphatic rings. The molecule has 0 radical (unpaired) electrons. The molecule has 0 atom stereocenters. The molecule has 0 saturated heterocycles. The minimum absolute atomic E-state index is 0.181. The first-order chi connectivity index (χ1) is 6.55. The van der Waals surface area contributed by atoms with Gasteiger partial charge in [-0.15, -0.1) is 10.2 Å². The quantitative estimate of drug-likeness (QED) is 0.775. The molecule has 1 aromatic heterocycles. The Morgan fingerprint density at radius 3 is 2.71 bits per heavy atom. The van der Waals surface area contributed by atoms with Gasteiger partial charge in [0, 0.05) is 12.6 Å². The molecular formula is C10H20N4. The number of aryl methyl sites for hydroxylation is 1. The van der Waals surface area contributed by atoms with Gasteiger partial charge in [0.05, 0.1) is 6.54 Å². The van der Waals surface area contributed by atoms with E-state index in [9.17, 15) is 0 Å². The lowest BCUT2D eigenvalue weighted by atomic mass is 9.99. The van der Waals surface area contributed by atoms with Gasteiger partial charge >= 0.3 is 0 Å². The molecule has 1 N–H and O–H groups in total. The molecule has 0 unspecified atom stereocenters. The van der Waals surface area contributed by atoms with E-state index in [0.717, 1.165) is 12.4 Å². The lowest BCUT2D eigenvalue weighted by molar-refractivity contribution is 0.350. The first-order valence-corrected chi connectivity index (χ1v) is 5.13. The second kappa shape index (κ2) is 4.55. The number of nitrogens with zero attached hydrogens (tertiary/aromatic N) is 3. The summed E-state index contributed by atoms with van der Waals surface area (Å²) in [5, 5.41) is 11.4. The van der Waals surface area contributed by atoms with Crippen LogP contribution in [-0.2, 0) is 13.6 Å². The zero-order valence-electron chi connectivity index (χ0n) is 9.54. The molecular weight excluding hydrogens is 176 g/mol. The predicted molar refractivity (Wildman–Crippen MR) is 56.8 cm³/mol. The van der Waals surface area contributed by atoms with Crippen molar-refractivity contribution < 1.29 is 0 Å². The van der Waals surface area contributed by atoms with E-state index in [1.807, 2.05) is 11.6 Å². The Balaban J connectivity index is 2.44. The van der Waals surface area contributed by atoms with Gasteiger partial charge in [-0.1, -0.05) is 13.3 Å². The van der Waals surface area contributed by atoms with E-state index in [1.165, 1.54) is 12.8 Å². The molecule has 1 heterocycles. The Hall–Kier alpha value is -0.900. The number of rotatable bonds is 5. The fourth-order valence-electron chi connectivity index (χ4n) is 1.50. The molecule has 4 nitrogen and oxygen atoms in total. The highest BCUT2D eigenvalue weighted by Gasteiger charge is 2.16. The third-order valence-corrected chi connectivity index (χ3v) is 2.41. The van der Waals surface area contributed by atoms with Crippen LogP contribution in [0.15, 0.2) is 6.33 Å². The van der Waals surface area contributed by atoms with E-state index in [-0.39, 0.29) is 5.54 Å². The van der Waals surface area contributed by atoms with Gasteiger partial charge in [-0.2, -0.15) is 0 Å². The summed E-state index contributed by atoms with van der Waals surface area (Å²) in [4.78, 5) is 0. The standard InChI is InChI=1S/C10H20N4/c1-5-6-10(2,3)11-7-9-13-12-8-14(9)4/h8,11H,5-7H2,1-4H3. The molecule has 0 bridgehead atoms. The SMILES string of the molecule is CCCC(C)(C)NCc1nncn1C. The van der Waals surface area contributed by atoms with Crippen molar-refractivity contribution in [3.8, 4) is 0 Å². The molecule has 0 spiro atoms. The van der Waals surface area contributed by atoms with Crippen LogP contribution >= 0.6 is 0 Å². The summed E-state index contributed by atoms with van der Waals surface area (Å²) in [6, 6.07) is 0. The highest BCUT2D eigenvalue weighted by molar-refractivity contribution is 4.87. The van der Waals surface area contributed by atoms with Gasteiger partial charge in [0.2, 0.25) is 0 Å². The van der Waals surface area contributed by atoms with Crippen molar-refractivity contribution in [3.63, 3.8) is 0 Å². The maximum atomic E-state index is 4.03. The van der Waals surface area contributed by atoms with E-state index in [4.69, 9.17) is 0 Å². The number of hydrogen-bond donors (Lipinski definition) is 1. The van der Waals surface area contributed by atoms with E-state index < -0.39 is 0 Å². The monoisotopic (exact) mass is 196 g/mol. The average molecular weight is 196 g/mol. The summed E-state index contributed by atoms with van der Waals surface area (Å²) in [5.41, 5.74) is 0.181. The Morgan fingerprint density at radius 2 is 2.21 bits per heavy atom. The minimum Gasteiger partial charge on any atom is -0.320 e. The van der Waals surface area contributed by atoms with Crippen LogP contribution in [0.2, 0.25) is 0 Å². The van der Waals surface area contributed by atoms with Crippen LogP contribution in [0, 0.1) is 0 Å². The van der Waals surface area contributed by atoms with Crippen LogP contribution in [-0.4, -0.2) is 20.3 Å². The van der Waals surface area contributed by atoms with Gasteiger partial charge in [-0.05, 0) is 20.3 Å². The first-order valence-electron chi connectivity index (χ1n) is 5.13. The molecule has 0 aromatic carbocycles. The van der Waals surface area contributed by atoms with Gasteiger partial charge in [-0.25, -0.2) is 0 Å². The summed E-state index contributed by atoms with van der Waals surface area (Å²) in [5.74, 6) is 0.981. The van der Waals surface area contributed by atoms with Gasteiger partial charge in [-0.3, -0.25) is 0 Å². The fraction of sp³-hybridized carbons (Fsp3) is 0.800. The van der Waals surface area contributed by atoms with Crippen molar-refractivity contribution >= 4 is 0 Å². The van der Waals surface area contributed by atoms with Crippen molar-refractivity contribution in [1.82, 2.24) is 20.1 Å². The fourth-order valence-corrected chi connectivity index (χ4v) is 1.50. The predicted octanol–water partition coefficient (Wildman–Crippen LogP) is 1.48. The molecule has 4 heteroatoms. The Morgan fingerprint density at radius 1 is 1.50 bits per heavy atom. The largest absolute Gasteiger partial charge is 0.320 e. The van der Waals surface area contributed by atoms with Crippen molar-refractivity contribution in [3.05, 3.63) is 12.2 Å². The second-order valence-electron chi connectivity index (χ2n) is 4.35. The molecule has 80 valence electrons. The van der Waals surface area contributed by atoms with Crippen LogP contribution in [0.3, 0.4) is 0 Å². The van der Waals surface area contributed by atoms with Crippen molar-refractivity contribution in [2.45, 2.75) is 45.7 Å². The lowest BCUT2D eigenvalue weighted by Gasteiger charge is -2.25. The van der Waals surface area contributed by atoms with Crippen LogP contribution in [0.4, 0.5) is 0 Å². The Labute approximate surface area is 85.7 Å². The molecule has 1 rings (SSSR count). The number of hydrogen-bond acceptors (Lipinski definition) is 3.